The second-order valence-corrected chi connectivity index (χ2v) is 6.26. The summed E-state index contributed by atoms with van der Waals surface area (Å²) >= 11 is 1.68. The van der Waals surface area contributed by atoms with E-state index < -0.39 is 0 Å². The minimum absolute atomic E-state index is 0. The Balaban J connectivity index is 0.00000180. The van der Waals surface area contributed by atoms with Gasteiger partial charge in [-0.2, -0.15) is 0 Å². The molecule has 0 unspecified atom stereocenters. The van der Waals surface area contributed by atoms with Crippen molar-refractivity contribution >= 4 is 23.7 Å². The zero-order chi connectivity index (χ0) is 13.2. The molecule has 0 aliphatic carbocycles. The molecule has 1 heterocycles. The van der Waals surface area contributed by atoms with E-state index in [9.17, 15) is 0 Å². The van der Waals surface area contributed by atoms with Crippen LogP contribution in [-0.4, -0.2) is 5.60 Å². The van der Waals surface area contributed by atoms with E-state index in [1.165, 1.54) is 4.88 Å². The number of nitrogens with two attached hydrogens (primary N) is 1. The molecule has 104 valence electrons. The van der Waals surface area contributed by atoms with Crippen molar-refractivity contribution in [3.05, 3.63) is 52.2 Å². The smallest absolute Gasteiger partial charge is 0.120 e. The molecule has 0 aliphatic rings. The Hall–Kier alpha value is -1.03. The fraction of sp³-hybridized carbons (Fsp3) is 0.333. The van der Waals surface area contributed by atoms with Crippen LogP contribution in [-0.2, 0) is 0 Å². The van der Waals surface area contributed by atoms with Crippen molar-refractivity contribution in [2.45, 2.75) is 32.4 Å². The second kappa shape index (κ2) is 6.42. The zero-order valence-corrected chi connectivity index (χ0v) is 13.1. The quantitative estimate of drug-likeness (QED) is 0.911. The zero-order valence-electron chi connectivity index (χ0n) is 11.4. The molecule has 19 heavy (non-hydrogen) atoms. The minimum atomic E-state index is -0.169. The third-order valence-corrected chi connectivity index (χ3v) is 3.47. The Labute approximate surface area is 125 Å². The Bertz CT molecular complexity index is 488. The number of ether oxygens (including phenoxy) is 1. The first-order valence-electron chi connectivity index (χ1n) is 6.04. The van der Waals surface area contributed by atoms with Gasteiger partial charge in [0.1, 0.15) is 11.4 Å². The molecule has 0 saturated carbocycles. The first-order chi connectivity index (χ1) is 8.46. The Morgan fingerprint density at radius 3 is 2.21 bits per heavy atom. The van der Waals surface area contributed by atoms with E-state index >= 15 is 0 Å². The summed E-state index contributed by atoms with van der Waals surface area (Å²) in [4.78, 5) is 1.18. The first-order valence-corrected chi connectivity index (χ1v) is 6.92. The Morgan fingerprint density at radius 1 is 1.11 bits per heavy atom. The third-order valence-electron chi connectivity index (χ3n) is 2.51. The van der Waals surface area contributed by atoms with Crippen LogP contribution < -0.4 is 10.5 Å². The molecule has 0 fully saturated rings. The number of rotatable bonds is 3. The molecule has 0 spiro atoms. The summed E-state index contributed by atoms with van der Waals surface area (Å²) < 4.78 is 5.79. The van der Waals surface area contributed by atoms with Gasteiger partial charge in [0, 0.05) is 4.88 Å². The number of halogens is 1. The average molecular weight is 298 g/mol. The van der Waals surface area contributed by atoms with Crippen LogP contribution in [0.1, 0.15) is 37.3 Å². The van der Waals surface area contributed by atoms with E-state index in [4.69, 9.17) is 10.5 Å². The van der Waals surface area contributed by atoms with Gasteiger partial charge in [0.05, 0.1) is 6.04 Å². The highest BCUT2D eigenvalue weighted by Crippen LogP contribution is 2.26. The number of benzene rings is 1. The molecule has 0 radical (unpaired) electrons. The van der Waals surface area contributed by atoms with Crippen LogP contribution in [0.2, 0.25) is 0 Å². The fourth-order valence-corrected chi connectivity index (χ4v) is 2.48. The van der Waals surface area contributed by atoms with E-state index in [1.807, 2.05) is 56.5 Å². The fourth-order valence-electron chi connectivity index (χ4n) is 1.73. The summed E-state index contributed by atoms with van der Waals surface area (Å²) in [5.74, 6) is 0.879. The van der Waals surface area contributed by atoms with Gasteiger partial charge in [0.25, 0.3) is 0 Å². The van der Waals surface area contributed by atoms with E-state index in [0.29, 0.717) is 0 Å². The van der Waals surface area contributed by atoms with E-state index in [0.717, 1.165) is 11.3 Å². The lowest BCUT2D eigenvalue weighted by molar-refractivity contribution is 0.131. The molecule has 0 aliphatic heterocycles. The van der Waals surface area contributed by atoms with Crippen LogP contribution in [0, 0.1) is 0 Å². The lowest BCUT2D eigenvalue weighted by Crippen LogP contribution is -2.22. The van der Waals surface area contributed by atoms with Crippen LogP contribution in [0.25, 0.3) is 0 Å². The Kier molecular flexibility index (Phi) is 5.41. The Morgan fingerprint density at radius 2 is 1.74 bits per heavy atom. The van der Waals surface area contributed by atoms with E-state index in [1.54, 1.807) is 11.3 Å². The first kappa shape index (κ1) is 16.0. The molecule has 2 aromatic rings. The number of hydrogen-bond acceptors (Lipinski definition) is 3. The van der Waals surface area contributed by atoms with Crippen molar-refractivity contribution in [3.63, 3.8) is 0 Å². The molecule has 2 N–H and O–H groups in total. The van der Waals surface area contributed by atoms with Crippen molar-refractivity contribution in [1.29, 1.82) is 0 Å². The monoisotopic (exact) mass is 297 g/mol. The molecular weight excluding hydrogens is 278 g/mol. The van der Waals surface area contributed by atoms with Gasteiger partial charge in [-0.3, -0.25) is 0 Å². The summed E-state index contributed by atoms with van der Waals surface area (Å²) in [7, 11) is 0. The van der Waals surface area contributed by atoms with Gasteiger partial charge in [0.2, 0.25) is 0 Å². The van der Waals surface area contributed by atoms with Gasteiger partial charge in [-0.05, 0) is 49.9 Å². The second-order valence-electron chi connectivity index (χ2n) is 5.28. The van der Waals surface area contributed by atoms with Crippen molar-refractivity contribution < 1.29 is 4.74 Å². The number of thiophene rings is 1. The third kappa shape index (κ3) is 4.53. The highest BCUT2D eigenvalue weighted by Gasteiger charge is 2.13. The lowest BCUT2D eigenvalue weighted by atomic mass is 10.1. The van der Waals surface area contributed by atoms with E-state index in [2.05, 4.69) is 6.07 Å². The maximum atomic E-state index is 6.21. The van der Waals surface area contributed by atoms with Crippen LogP contribution in [0.5, 0.6) is 5.75 Å². The average Bonchev–Trinajstić information content (AvgIpc) is 2.80. The molecule has 0 saturated heterocycles. The van der Waals surface area contributed by atoms with Crippen LogP contribution in [0.4, 0.5) is 0 Å². The van der Waals surface area contributed by atoms with Crippen molar-refractivity contribution in [2.24, 2.45) is 5.73 Å². The maximum Gasteiger partial charge on any atom is 0.120 e. The van der Waals surface area contributed by atoms with Crippen molar-refractivity contribution in [1.82, 2.24) is 0 Å². The molecule has 0 amide bonds. The molecule has 0 bridgehead atoms. The predicted octanol–water partition coefficient (Wildman–Crippen LogP) is 4.40. The summed E-state index contributed by atoms with van der Waals surface area (Å²) in [5.41, 5.74) is 7.15. The normalized spacial score (nSPS) is 12.6. The van der Waals surface area contributed by atoms with Crippen LogP contribution >= 0.6 is 23.7 Å². The predicted molar refractivity (Wildman–Crippen MR) is 84.4 cm³/mol. The topological polar surface area (TPSA) is 35.2 Å². The van der Waals surface area contributed by atoms with Crippen molar-refractivity contribution in [3.8, 4) is 5.75 Å². The van der Waals surface area contributed by atoms with Gasteiger partial charge in [-0.15, -0.1) is 23.7 Å². The van der Waals surface area contributed by atoms with Crippen LogP contribution in [0.15, 0.2) is 41.8 Å². The van der Waals surface area contributed by atoms with E-state index in [-0.39, 0.29) is 24.0 Å². The molecule has 1 atom stereocenters. The van der Waals surface area contributed by atoms with Gasteiger partial charge in [0.15, 0.2) is 0 Å². The summed E-state index contributed by atoms with van der Waals surface area (Å²) in [6, 6.07) is 12.1. The number of hydrogen-bond donors (Lipinski definition) is 1. The molecule has 2 nitrogen and oxygen atoms in total. The summed E-state index contributed by atoms with van der Waals surface area (Å²) in [5, 5.41) is 2.05. The van der Waals surface area contributed by atoms with Gasteiger partial charge >= 0.3 is 0 Å². The molecule has 1 aromatic carbocycles. The molecule has 1 aromatic heterocycles. The standard InChI is InChI=1S/C15H19NOS.ClH/c1-15(2,3)17-12-8-6-11(7-9-12)14(16)13-5-4-10-18-13;/h4-10,14H,16H2,1-3H3;1H/t14-;/m1./s1. The molecular formula is C15H20ClNOS. The minimum Gasteiger partial charge on any atom is -0.488 e. The van der Waals surface area contributed by atoms with Gasteiger partial charge in [-0.25, -0.2) is 0 Å². The van der Waals surface area contributed by atoms with Crippen molar-refractivity contribution in [2.75, 3.05) is 0 Å². The van der Waals surface area contributed by atoms with Crippen LogP contribution in [0.3, 0.4) is 0 Å². The van der Waals surface area contributed by atoms with Gasteiger partial charge < -0.3 is 10.5 Å². The van der Waals surface area contributed by atoms with Gasteiger partial charge in [-0.1, -0.05) is 18.2 Å². The summed E-state index contributed by atoms with van der Waals surface area (Å²) in [6.45, 7) is 6.12. The SMILES string of the molecule is CC(C)(C)Oc1ccc([C@@H](N)c2cccs2)cc1.Cl. The summed E-state index contributed by atoms with van der Waals surface area (Å²) in [6.07, 6.45) is 0. The molecule has 2 rings (SSSR count). The largest absolute Gasteiger partial charge is 0.488 e. The maximum absolute atomic E-state index is 6.21. The lowest BCUT2D eigenvalue weighted by Gasteiger charge is -2.21. The highest BCUT2D eigenvalue weighted by atomic mass is 35.5. The highest BCUT2D eigenvalue weighted by molar-refractivity contribution is 7.10. The molecule has 4 heteroatoms.